The second-order valence-electron chi connectivity index (χ2n) is 9.58. The number of aliphatic hydroxyl groups excluding tert-OH is 1. The monoisotopic (exact) mass is 562 g/mol. The van der Waals surface area contributed by atoms with E-state index in [1.54, 1.807) is 60.7 Å². The van der Waals surface area contributed by atoms with E-state index in [0.717, 1.165) is 11.1 Å². The van der Waals surface area contributed by atoms with Crippen LogP contribution in [0.25, 0.3) is 16.0 Å². The van der Waals surface area contributed by atoms with Gasteiger partial charge in [0.2, 0.25) is 0 Å². The highest BCUT2D eigenvalue weighted by atomic mass is 35.5. The molecule has 4 aromatic rings. The maximum Gasteiger partial charge on any atom is 0.301 e. The molecule has 1 aliphatic heterocycles. The van der Waals surface area contributed by atoms with E-state index in [2.05, 4.69) is 18.8 Å². The number of aliphatic hydroxyl groups is 1. The van der Waals surface area contributed by atoms with Gasteiger partial charge < -0.3 is 14.6 Å². The fraction of sp³-hybridized carbons (Fsp3) is 0.233. The zero-order valence-electron chi connectivity index (χ0n) is 21.7. The molecule has 7 nitrogen and oxygen atoms in total. The molecule has 9 heteroatoms. The Labute approximate surface area is 235 Å². The second kappa shape index (κ2) is 11.1. The van der Waals surface area contributed by atoms with Gasteiger partial charge in [0.05, 0.1) is 35.5 Å². The summed E-state index contributed by atoms with van der Waals surface area (Å²) in [4.78, 5) is 33.0. The Bertz CT molecular complexity index is 1580. The van der Waals surface area contributed by atoms with Crippen LogP contribution in [0.15, 0.2) is 72.3 Å². The van der Waals surface area contributed by atoms with Crippen LogP contribution in [0, 0.1) is 5.92 Å². The number of benzene rings is 3. The molecular weight excluding hydrogens is 536 g/mol. The summed E-state index contributed by atoms with van der Waals surface area (Å²) in [5, 5.41) is 12.2. The fourth-order valence-electron chi connectivity index (χ4n) is 4.46. The molecule has 1 atom stereocenters. The van der Waals surface area contributed by atoms with Gasteiger partial charge in [-0.1, -0.05) is 73.2 Å². The van der Waals surface area contributed by atoms with Crippen LogP contribution >= 0.6 is 22.9 Å². The van der Waals surface area contributed by atoms with Gasteiger partial charge in [-0.3, -0.25) is 14.5 Å². The summed E-state index contributed by atoms with van der Waals surface area (Å²) in [6.45, 7) is 4.76. The van der Waals surface area contributed by atoms with Crippen molar-refractivity contribution in [2.24, 2.45) is 5.92 Å². The van der Waals surface area contributed by atoms with Crippen molar-refractivity contribution >= 4 is 55.7 Å². The lowest BCUT2D eigenvalue weighted by atomic mass is 9.95. The number of hydrogen-bond donors (Lipinski definition) is 1. The lowest BCUT2D eigenvalue weighted by Gasteiger charge is -2.24. The molecule has 1 saturated heterocycles. The molecule has 1 aliphatic rings. The summed E-state index contributed by atoms with van der Waals surface area (Å²) in [5.74, 6) is -0.346. The maximum atomic E-state index is 13.5. The highest BCUT2D eigenvalue weighted by Crippen LogP contribution is 2.46. The predicted octanol–water partition coefficient (Wildman–Crippen LogP) is 7.01. The van der Waals surface area contributed by atoms with Crippen molar-refractivity contribution in [3.63, 3.8) is 0 Å². The zero-order chi connectivity index (χ0) is 27.7. The maximum absolute atomic E-state index is 13.5. The van der Waals surface area contributed by atoms with Gasteiger partial charge in [0, 0.05) is 10.6 Å². The van der Waals surface area contributed by atoms with Crippen molar-refractivity contribution in [1.29, 1.82) is 0 Å². The summed E-state index contributed by atoms with van der Waals surface area (Å²) in [5.41, 5.74) is 1.61. The fourth-order valence-corrected chi connectivity index (χ4v) is 5.73. The molecule has 1 aromatic heterocycles. The van der Waals surface area contributed by atoms with Crippen molar-refractivity contribution in [3.8, 4) is 11.5 Å². The average molecular weight is 563 g/mol. The largest absolute Gasteiger partial charge is 0.507 e. The van der Waals surface area contributed by atoms with Crippen molar-refractivity contribution in [3.05, 3.63) is 88.5 Å². The van der Waals surface area contributed by atoms with Crippen molar-refractivity contribution in [1.82, 2.24) is 4.98 Å². The van der Waals surface area contributed by atoms with E-state index in [4.69, 9.17) is 21.1 Å². The minimum Gasteiger partial charge on any atom is -0.507 e. The van der Waals surface area contributed by atoms with Crippen molar-refractivity contribution in [2.45, 2.75) is 26.3 Å². The van der Waals surface area contributed by atoms with E-state index < -0.39 is 17.7 Å². The highest BCUT2D eigenvalue weighted by molar-refractivity contribution is 7.22. The van der Waals surface area contributed by atoms with Crippen molar-refractivity contribution in [2.75, 3.05) is 18.6 Å². The number of aromatic nitrogens is 1. The Hall–Kier alpha value is -3.88. The zero-order valence-corrected chi connectivity index (χ0v) is 23.3. The average Bonchev–Trinajstić information content (AvgIpc) is 3.46. The third-order valence-corrected chi connectivity index (χ3v) is 7.75. The Balaban J connectivity index is 1.66. The summed E-state index contributed by atoms with van der Waals surface area (Å²) >= 11 is 7.42. The van der Waals surface area contributed by atoms with Crippen LogP contribution in [0.5, 0.6) is 11.5 Å². The molecule has 1 N–H and O–H groups in total. The molecule has 0 bridgehead atoms. The van der Waals surface area contributed by atoms with Crippen molar-refractivity contribution < 1.29 is 24.2 Å². The third-order valence-electron chi connectivity index (χ3n) is 6.49. The summed E-state index contributed by atoms with van der Waals surface area (Å²) in [7, 11) is 1.53. The quantitative estimate of drug-likeness (QED) is 0.141. The van der Waals surface area contributed by atoms with Crippen LogP contribution in [0.1, 0.15) is 37.4 Å². The predicted molar refractivity (Wildman–Crippen MR) is 154 cm³/mol. The molecule has 0 saturated carbocycles. The number of hydrogen-bond acceptors (Lipinski definition) is 7. The van der Waals surface area contributed by atoms with E-state index in [1.807, 2.05) is 6.07 Å². The lowest BCUT2D eigenvalue weighted by molar-refractivity contribution is -0.132. The number of thiazole rings is 1. The molecule has 0 radical (unpaired) electrons. The number of rotatable bonds is 8. The number of methoxy groups -OCH3 is 1. The molecule has 1 unspecified atom stereocenters. The van der Waals surface area contributed by atoms with Crippen LogP contribution in [0.3, 0.4) is 0 Å². The number of carbonyl (C=O) groups is 2. The number of halogens is 1. The number of fused-ring (bicyclic) bond motifs is 1. The molecule has 1 fully saturated rings. The Morgan fingerprint density at radius 1 is 1.08 bits per heavy atom. The van der Waals surface area contributed by atoms with E-state index >= 15 is 0 Å². The first-order chi connectivity index (χ1) is 18.8. The topological polar surface area (TPSA) is 89.0 Å². The Morgan fingerprint density at radius 2 is 1.85 bits per heavy atom. The van der Waals surface area contributed by atoms with Crippen LogP contribution in [0.4, 0.5) is 5.13 Å². The standard InChI is InChI=1S/C30H27ClN2O5S/c1-17(2)13-14-38-22-12-9-19(15-23(22)37-3)26-25(27(34)18-7-5-4-6-8-18)28(35)29(36)33(26)30-32-21-11-10-20(31)16-24(21)39-30/h4-12,15-17,26,34H,13-14H2,1-3H3. The Morgan fingerprint density at radius 3 is 2.56 bits per heavy atom. The van der Waals surface area contributed by atoms with Gasteiger partial charge >= 0.3 is 5.91 Å². The van der Waals surface area contributed by atoms with E-state index in [0.29, 0.717) is 50.8 Å². The smallest absolute Gasteiger partial charge is 0.301 e. The van der Waals surface area contributed by atoms with Crippen LogP contribution in [0.2, 0.25) is 5.02 Å². The summed E-state index contributed by atoms with van der Waals surface area (Å²) in [6.07, 6.45) is 0.879. The SMILES string of the molecule is COc1cc(C2C(=C(O)c3ccccc3)C(=O)C(=O)N2c2nc3ccc(Cl)cc3s2)ccc1OCCC(C)C. The number of nitrogens with zero attached hydrogens (tertiary/aromatic N) is 2. The minimum absolute atomic E-state index is 0.0287. The number of ketones is 1. The lowest BCUT2D eigenvalue weighted by Crippen LogP contribution is -2.29. The second-order valence-corrected chi connectivity index (χ2v) is 11.0. The molecule has 3 aromatic carbocycles. The minimum atomic E-state index is -0.945. The van der Waals surface area contributed by atoms with Gasteiger partial charge in [-0.15, -0.1) is 0 Å². The van der Waals surface area contributed by atoms with Gasteiger partial charge in [0.25, 0.3) is 5.78 Å². The first-order valence-corrected chi connectivity index (χ1v) is 13.7. The first kappa shape index (κ1) is 26.7. The first-order valence-electron chi connectivity index (χ1n) is 12.5. The normalized spacial score (nSPS) is 16.8. The molecule has 200 valence electrons. The van der Waals surface area contributed by atoms with Gasteiger partial charge in [-0.2, -0.15) is 0 Å². The van der Waals surface area contributed by atoms with Crippen LogP contribution in [-0.4, -0.2) is 35.5 Å². The third kappa shape index (κ3) is 5.22. The molecule has 0 aliphatic carbocycles. The van der Waals surface area contributed by atoms with Gasteiger partial charge in [0.1, 0.15) is 5.76 Å². The number of amides is 1. The highest BCUT2D eigenvalue weighted by Gasteiger charge is 2.48. The van der Waals surface area contributed by atoms with Gasteiger partial charge in [0.15, 0.2) is 16.6 Å². The molecular formula is C30H27ClN2O5S. The molecule has 2 heterocycles. The number of Topliss-reactive ketones (excluding diaryl/α,β-unsaturated/α-hetero) is 1. The number of ether oxygens (including phenoxy) is 2. The number of anilines is 1. The summed E-state index contributed by atoms with van der Waals surface area (Å²) < 4.78 is 12.3. The molecule has 5 rings (SSSR count). The molecule has 0 spiro atoms. The molecule has 39 heavy (non-hydrogen) atoms. The van der Waals surface area contributed by atoms with E-state index in [9.17, 15) is 14.7 Å². The van der Waals surface area contributed by atoms with E-state index in [1.165, 1.54) is 23.3 Å². The molecule has 1 amide bonds. The number of carbonyl (C=O) groups excluding carboxylic acids is 2. The van der Waals surface area contributed by atoms with E-state index in [-0.39, 0.29) is 11.3 Å². The summed E-state index contributed by atoms with van der Waals surface area (Å²) in [6, 6.07) is 18.3. The Kier molecular flexibility index (Phi) is 7.59. The van der Waals surface area contributed by atoms with Gasteiger partial charge in [-0.25, -0.2) is 4.98 Å². The van der Waals surface area contributed by atoms with Crippen LogP contribution in [-0.2, 0) is 9.59 Å². The van der Waals surface area contributed by atoms with Crippen LogP contribution < -0.4 is 14.4 Å². The van der Waals surface area contributed by atoms with Gasteiger partial charge in [-0.05, 0) is 48.2 Å².